The second-order valence-corrected chi connectivity index (χ2v) is 6.85. The Morgan fingerprint density at radius 3 is 2.48 bits per heavy atom. The van der Waals surface area contributed by atoms with Gasteiger partial charge in [0.25, 0.3) is 0 Å². The van der Waals surface area contributed by atoms with Crippen molar-refractivity contribution in [2.75, 3.05) is 0 Å². The van der Waals surface area contributed by atoms with Crippen LogP contribution in [0.4, 0.5) is 0 Å². The predicted molar refractivity (Wildman–Crippen MR) is 117 cm³/mol. The lowest BCUT2D eigenvalue weighted by Crippen LogP contribution is -2.03. The molecule has 0 fully saturated rings. The average Bonchev–Trinajstić information content (AvgIpc) is 2.72. The summed E-state index contributed by atoms with van der Waals surface area (Å²) in [7, 11) is 0. The van der Waals surface area contributed by atoms with E-state index < -0.39 is 5.97 Å². The first-order valence-electron chi connectivity index (χ1n) is 8.98. The quantitative estimate of drug-likeness (QED) is 0.165. The number of carbonyl (C=O) groups excluding carboxylic acids is 1. The second-order valence-electron chi connectivity index (χ2n) is 6.42. The number of benzene rings is 3. The Hall–Kier alpha value is -3.61. The maximum Gasteiger partial charge on any atom is 0.336 e. The summed E-state index contributed by atoms with van der Waals surface area (Å²) in [6, 6.07) is 24.1. The van der Waals surface area contributed by atoms with Gasteiger partial charge >= 0.3 is 5.97 Å². The first kappa shape index (κ1) is 20.1. The fraction of sp³-hybridized carbons (Fsp3) is 0.0400. The van der Waals surface area contributed by atoms with Crippen LogP contribution in [0.15, 0.2) is 78.9 Å². The molecule has 4 heteroatoms. The molecule has 0 saturated carbocycles. The van der Waals surface area contributed by atoms with Crippen molar-refractivity contribution in [2.45, 2.75) is 6.92 Å². The summed E-state index contributed by atoms with van der Waals surface area (Å²) in [4.78, 5) is 12.1. The predicted octanol–water partition coefficient (Wildman–Crippen LogP) is 6.33. The van der Waals surface area contributed by atoms with Crippen LogP contribution in [0, 0.1) is 18.3 Å². The van der Waals surface area contributed by atoms with Crippen LogP contribution in [0.5, 0.6) is 5.75 Å². The van der Waals surface area contributed by atoms with Crippen molar-refractivity contribution in [3.05, 3.63) is 106 Å². The van der Waals surface area contributed by atoms with Gasteiger partial charge in [-0.25, -0.2) is 4.79 Å². The van der Waals surface area contributed by atoms with Crippen molar-refractivity contribution in [1.29, 1.82) is 5.26 Å². The maximum atomic E-state index is 12.1. The summed E-state index contributed by atoms with van der Waals surface area (Å²) in [5.74, 6) is -0.0669. The molecule has 0 aliphatic heterocycles. The Balaban J connectivity index is 1.74. The van der Waals surface area contributed by atoms with Crippen LogP contribution in [0.3, 0.4) is 0 Å². The van der Waals surface area contributed by atoms with Gasteiger partial charge < -0.3 is 4.74 Å². The zero-order chi connectivity index (χ0) is 20.6. The highest BCUT2D eigenvalue weighted by atomic mass is 35.5. The number of rotatable bonds is 5. The van der Waals surface area contributed by atoms with Gasteiger partial charge in [0.05, 0.1) is 11.6 Å². The normalized spacial score (nSPS) is 11.3. The standard InChI is InChI=1S/C25H18ClNO2/c1-18-8-10-19(11-9-18)12-13-25(28)29-24-7-2-4-20(15-24)14-22(17-27)21-5-3-6-23(26)16-21/h2-16H,1H3/b13-12+,22-14-. The first-order valence-corrected chi connectivity index (χ1v) is 9.36. The van der Waals surface area contributed by atoms with Crippen LogP contribution in [0.25, 0.3) is 17.7 Å². The molecule has 0 radical (unpaired) electrons. The molecule has 142 valence electrons. The number of esters is 1. The number of carbonyl (C=O) groups is 1. The summed E-state index contributed by atoms with van der Waals surface area (Å²) in [6.45, 7) is 2.01. The van der Waals surface area contributed by atoms with Crippen LogP contribution in [0.2, 0.25) is 5.02 Å². The third kappa shape index (κ3) is 5.93. The monoisotopic (exact) mass is 399 g/mol. The molecule has 0 N–H and O–H groups in total. The van der Waals surface area contributed by atoms with Crippen LogP contribution >= 0.6 is 11.6 Å². The zero-order valence-electron chi connectivity index (χ0n) is 15.8. The van der Waals surface area contributed by atoms with Gasteiger partial charge in [0.1, 0.15) is 5.75 Å². The molecule has 0 amide bonds. The number of hydrogen-bond donors (Lipinski definition) is 0. The smallest absolute Gasteiger partial charge is 0.336 e. The van der Waals surface area contributed by atoms with Gasteiger partial charge in [0, 0.05) is 11.1 Å². The van der Waals surface area contributed by atoms with E-state index in [0.29, 0.717) is 16.3 Å². The van der Waals surface area contributed by atoms with Gasteiger partial charge in [-0.2, -0.15) is 5.26 Å². The van der Waals surface area contributed by atoms with E-state index in [-0.39, 0.29) is 0 Å². The van der Waals surface area contributed by atoms with Gasteiger partial charge in [-0.1, -0.05) is 65.7 Å². The molecule has 3 aromatic rings. The highest BCUT2D eigenvalue weighted by Crippen LogP contribution is 2.23. The van der Waals surface area contributed by atoms with E-state index in [9.17, 15) is 10.1 Å². The number of aryl methyl sites for hydroxylation is 1. The van der Waals surface area contributed by atoms with Gasteiger partial charge in [-0.3, -0.25) is 0 Å². The Labute approximate surface area is 175 Å². The Morgan fingerprint density at radius 1 is 1.00 bits per heavy atom. The van der Waals surface area contributed by atoms with Crippen molar-refractivity contribution in [2.24, 2.45) is 0 Å². The molecule has 0 saturated heterocycles. The molecule has 3 rings (SSSR count). The first-order chi connectivity index (χ1) is 14.0. The molecule has 0 bridgehead atoms. The lowest BCUT2D eigenvalue weighted by atomic mass is 10.0. The van der Waals surface area contributed by atoms with E-state index in [0.717, 1.165) is 22.3 Å². The average molecular weight is 400 g/mol. The van der Waals surface area contributed by atoms with Crippen molar-refractivity contribution in [3.8, 4) is 11.8 Å². The molecule has 0 atom stereocenters. The molecule has 3 aromatic carbocycles. The molecule has 0 aliphatic carbocycles. The Bertz CT molecular complexity index is 1120. The minimum absolute atomic E-state index is 0.403. The third-order valence-electron chi connectivity index (χ3n) is 4.13. The van der Waals surface area contributed by atoms with E-state index in [4.69, 9.17) is 16.3 Å². The number of allylic oxidation sites excluding steroid dienone is 1. The number of hydrogen-bond acceptors (Lipinski definition) is 3. The summed E-state index contributed by atoms with van der Waals surface area (Å²) in [5.41, 5.74) is 4.02. The number of nitriles is 1. The molecule has 0 aromatic heterocycles. The van der Waals surface area contributed by atoms with E-state index in [1.54, 1.807) is 48.6 Å². The summed E-state index contributed by atoms with van der Waals surface area (Å²) >= 11 is 6.01. The molecular formula is C25H18ClNO2. The largest absolute Gasteiger partial charge is 0.423 e. The second kappa shape index (κ2) is 9.54. The van der Waals surface area contributed by atoms with E-state index in [1.807, 2.05) is 43.3 Å². The molecule has 0 spiro atoms. The van der Waals surface area contributed by atoms with Crippen LogP contribution in [-0.4, -0.2) is 5.97 Å². The van der Waals surface area contributed by atoms with Crippen LogP contribution < -0.4 is 4.74 Å². The lowest BCUT2D eigenvalue weighted by Gasteiger charge is -2.04. The Kier molecular flexibility index (Phi) is 6.63. The van der Waals surface area contributed by atoms with Crippen molar-refractivity contribution < 1.29 is 9.53 Å². The minimum Gasteiger partial charge on any atom is -0.423 e. The molecule has 3 nitrogen and oxygen atoms in total. The molecule has 0 heterocycles. The summed E-state index contributed by atoms with van der Waals surface area (Å²) < 4.78 is 5.38. The highest BCUT2D eigenvalue weighted by molar-refractivity contribution is 6.30. The summed E-state index contributed by atoms with van der Waals surface area (Å²) in [6.07, 6.45) is 4.82. The highest BCUT2D eigenvalue weighted by Gasteiger charge is 2.05. The fourth-order valence-electron chi connectivity index (χ4n) is 2.66. The van der Waals surface area contributed by atoms with E-state index >= 15 is 0 Å². The van der Waals surface area contributed by atoms with Crippen molar-refractivity contribution in [3.63, 3.8) is 0 Å². The maximum absolute atomic E-state index is 12.1. The SMILES string of the molecule is Cc1ccc(/C=C/C(=O)Oc2cccc(/C=C(/C#N)c3cccc(Cl)c3)c2)cc1. The van der Waals surface area contributed by atoms with Gasteiger partial charge in [0.15, 0.2) is 0 Å². The number of nitrogens with zero attached hydrogens (tertiary/aromatic N) is 1. The van der Waals surface area contributed by atoms with E-state index in [1.165, 1.54) is 6.08 Å². The zero-order valence-corrected chi connectivity index (χ0v) is 16.6. The number of ether oxygens (including phenoxy) is 1. The van der Waals surface area contributed by atoms with Crippen molar-refractivity contribution in [1.82, 2.24) is 0 Å². The molecule has 0 unspecified atom stereocenters. The van der Waals surface area contributed by atoms with Gasteiger partial charge in [-0.15, -0.1) is 0 Å². The van der Waals surface area contributed by atoms with Crippen LogP contribution in [0.1, 0.15) is 22.3 Å². The minimum atomic E-state index is -0.470. The van der Waals surface area contributed by atoms with Gasteiger partial charge in [0.2, 0.25) is 0 Å². The summed E-state index contributed by atoms with van der Waals surface area (Å²) in [5, 5.41) is 10.0. The van der Waals surface area contributed by atoms with Crippen molar-refractivity contribution >= 4 is 35.3 Å². The topological polar surface area (TPSA) is 50.1 Å². The van der Waals surface area contributed by atoms with Gasteiger partial charge in [-0.05, 0) is 60.0 Å². The fourth-order valence-corrected chi connectivity index (χ4v) is 2.85. The van der Waals surface area contributed by atoms with E-state index in [2.05, 4.69) is 6.07 Å². The molecule has 29 heavy (non-hydrogen) atoms. The molecule has 0 aliphatic rings. The van der Waals surface area contributed by atoms with Crippen LogP contribution in [-0.2, 0) is 4.79 Å². The Morgan fingerprint density at radius 2 is 1.76 bits per heavy atom. The molecular weight excluding hydrogens is 382 g/mol. The number of halogens is 1. The third-order valence-corrected chi connectivity index (χ3v) is 4.37. The lowest BCUT2D eigenvalue weighted by molar-refractivity contribution is -0.128.